The maximum atomic E-state index is 12.7. The van der Waals surface area contributed by atoms with Crippen molar-refractivity contribution in [1.82, 2.24) is 29.7 Å². The zero-order valence-corrected chi connectivity index (χ0v) is 21.1. The number of hydrogen-bond acceptors (Lipinski definition) is 8. The number of amides is 1. The van der Waals surface area contributed by atoms with E-state index >= 15 is 0 Å². The topological polar surface area (TPSA) is 87.6 Å². The van der Waals surface area contributed by atoms with E-state index < -0.39 is 6.36 Å². The Bertz CT molecular complexity index is 1430. The molecule has 0 bridgehead atoms. The minimum Gasteiger partial charge on any atom is -0.406 e. The number of aromatic nitrogens is 3. The summed E-state index contributed by atoms with van der Waals surface area (Å²) in [6.07, 6.45) is -4.76. The summed E-state index contributed by atoms with van der Waals surface area (Å²) in [7, 11) is 3.94. The van der Waals surface area contributed by atoms with Gasteiger partial charge in [0.25, 0.3) is 5.91 Å². The van der Waals surface area contributed by atoms with Gasteiger partial charge in [-0.1, -0.05) is 11.3 Å². The van der Waals surface area contributed by atoms with Gasteiger partial charge >= 0.3 is 6.36 Å². The molecule has 13 heteroatoms. The quantitative estimate of drug-likeness (QED) is 0.374. The number of nitrogens with zero attached hydrogens (tertiary/aromatic N) is 5. The van der Waals surface area contributed by atoms with Crippen LogP contribution in [0.4, 0.5) is 24.3 Å². The third-order valence-corrected chi connectivity index (χ3v) is 7.20. The van der Waals surface area contributed by atoms with Gasteiger partial charge in [-0.2, -0.15) is 0 Å². The van der Waals surface area contributed by atoms with Crippen molar-refractivity contribution in [3.63, 3.8) is 0 Å². The lowest BCUT2D eigenvalue weighted by molar-refractivity contribution is -0.274. The van der Waals surface area contributed by atoms with Gasteiger partial charge in [0.1, 0.15) is 5.75 Å². The Morgan fingerprint density at radius 1 is 1.05 bits per heavy atom. The van der Waals surface area contributed by atoms with Gasteiger partial charge in [-0.05, 0) is 37.4 Å². The summed E-state index contributed by atoms with van der Waals surface area (Å²) in [5.41, 5.74) is 2.51. The second kappa shape index (κ2) is 10.1. The molecule has 9 nitrogen and oxygen atoms in total. The predicted octanol–water partition coefficient (Wildman–Crippen LogP) is 3.80. The molecular weight excluding hydrogens is 507 g/mol. The van der Waals surface area contributed by atoms with Gasteiger partial charge in [0.05, 0.1) is 21.3 Å². The number of piperazine rings is 1. The van der Waals surface area contributed by atoms with Crippen molar-refractivity contribution >= 4 is 49.6 Å². The molecule has 1 aliphatic rings. The third-order valence-electron chi connectivity index (χ3n) is 6.26. The van der Waals surface area contributed by atoms with Gasteiger partial charge in [0, 0.05) is 57.9 Å². The Labute approximate surface area is 214 Å². The van der Waals surface area contributed by atoms with Crippen LogP contribution in [-0.4, -0.2) is 82.9 Å². The highest BCUT2D eigenvalue weighted by atomic mass is 32.1. The summed E-state index contributed by atoms with van der Waals surface area (Å²) in [6.45, 7) is 5.45. The molecule has 0 aliphatic carbocycles. The van der Waals surface area contributed by atoms with Crippen molar-refractivity contribution in [2.24, 2.45) is 7.05 Å². The molecule has 2 aromatic heterocycles. The van der Waals surface area contributed by atoms with Crippen LogP contribution in [0.5, 0.6) is 5.75 Å². The van der Waals surface area contributed by atoms with Gasteiger partial charge in [-0.25, -0.2) is 9.97 Å². The first kappa shape index (κ1) is 25.2. The van der Waals surface area contributed by atoms with Crippen LogP contribution < -0.4 is 15.4 Å². The molecule has 2 aromatic carbocycles. The SMILES string of the molecule is CN1CCN(CCNC(=O)c2ccc3c(c2)nc(Nc2nc4ccc(OC(F)(F)F)cc4s2)n3C)CC1. The van der Waals surface area contributed by atoms with Gasteiger partial charge < -0.3 is 24.8 Å². The van der Waals surface area contributed by atoms with E-state index in [2.05, 4.69) is 42.2 Å². The number of imidazole rings is 1. The van der Waals surface area contributed by atoms with E-state index in [0.717, 1.165) is 38.2 Å². The van der Waals surface area contributed by atoms with E-state index in [1.165, 1.54) is 29.5 Å². The highest BCUT2D eigenvalue weighted by molar-refractivity contribution is 7.22. The molecule has 3 heterocycles. The lowest BCUT2D eigenvalue weighted by Gasteiger charge is -2.32. The Kier molecular flexibility index (Phi) is 6.92. The fourth-order valence-corrected chi connectivity index (χ4v) is 5.09. The lowest BCUT2D eigenvalue weighted by atomic mass is 10.2. The third kappa shape index (κ3) is 5.95. The molecule has 5 rings (SSSR count). The van der Waals surface area contributed by atoms with Crippen LogP contribution in [0.1, 0.15) is 10.4 Å². The number of benzene rings is 2. The molecule has 0 spiro atoms. The van der Waals surface area contributed by atoms with Crippen molar-refractivity contribution < 1.29 is 22.7 Å². The first-order valence-corrected chi connectivity index (χ1v) is 12.6. The monoisotopic (exact) mass is 533 g/mol. The number of fused-ring (bicyclic) bond motifs is 2. The number of aryl methyl sites for hydroxylation is 1. The van der Waals surface area contributed by atoms with E-state index in [1.807, 2.05) is 17.7 Å². The van der Waals surface area contributed by atoms with Crippen LogP contribution in [0.3, 0.4) is 0 Å². The predicted molar refractivity (Wildman–Crippen MR) is 137 cm³/mol. The highest BCUT2D eigenvalue weighted by Gasteiger charge is 2.31. The van der Waals surface area contributed by atoms with Crippen LogP contribution in [0.25, 0.3) is 21.3 Å². The number of ether oxygens (including phenoxy) is 1. The van der Waals surface area contributed by atoms with Crippen LogP contribution in [0.15, 0.2) is 36.4 Å². The van der Waals surface area contributed by atoms with E-state index in [4.69, 9.17) is 0 Å². The zero-order chi connectivity index (χ0) is 26.2. The first-order valence-electron chi connectivity index (χ1n) is 11.7. The Morgan fingerprint density at radius 3 is 2.59 bits per heavy atom. The number of thiazole rings is 1. The van der Waals surface area contributed by atoms with E-state index in [0.29, 0.717) is 38.9 Å². The molecule has 1 fully saturated rings. The number of halogens is 3. The van der Waals surface area contributed by atoms with Crippen molar-refractivity contribution in [3.05, 3.63) is 42.0 Å². The number of likely N-dealkylation sites (N-methyl/N-ethyl adjacent to an activating group) is 1. The minimum absolute atomic E-state index is 0.153. The van der Waals surface area contributed by atoms with Crippen molar-refractivity contribution in [2.45, 2.75) is 6.36 Å². The number of alkyl halides is 3. The van der Waals surface area contributed by atoms with Crippen LogP contribution >= 0.6 is 11.3 Å². The molecule has 1 amide bonds. The normalized spacial score (nSPS) is 15.4. The molecule has 0 unspecified atom stereocenters. The molecule has 37 heavy (non-hydrogen) atoms. The van der Waals surface area contributed by atoms with Crippen LogP contribution in [0.2, 0.25) is 0 Å². The fourth-order valence-electron chi connectivity index (χ4n) is 4.21. The number of hydrogen-bond donors (Lipinski definition) is 2. The summed E-state index contributed by atoms with van der Waals surface area (Å²) in [6, 6.07) is 9.34. The molecule has 4 aromatic rings. The lowest BCUT2D eigenvalue weighted by Crippen LogP contribution is -2.46. The summed E-state index contributed by atoms with van der Waals surface area (Å²) in [5.74, 6) is 0.0416. The Hall–Kier alpha value is -3.42. The van der Waals surface area contributed by atoms with E-state index in [-0.39, 0.29) is 11.7 Å². The number of carbonyl (C=O) groups is 1. The number of nitrogens with one attached hydrogen (secondary N) is 2. The van der Waals surface area contributed by atoms with Crippen LogP contribution in [-0.2, 0) is 7.05 Å². The molecule has 2 N–H and O–H groups in total. The average Bonchev–Trinajstić information content (AvgIpc) is 3.38. The van der Waals surface area contributed by atoms with Crippen LogP contribution in [0, 0.1) is 0 Å². The minimum atomic E-state index is -4.76. The number of anilines is 2. The highest BCUT2D eigenvalue weighted by Crippen LogP contribution is 2.33. The zero-order valence-electron chi connectivity index (χ0n) is 20.3. The molecule has 0 radical (unpaired) electrons. The van der Waals surface area contributed by atoms with E-state index in [9.17, 15) is 18.0 Å². The number of rotatable bonds is 7. The van der Waals surface area contributed by atoms with Gasteiger partial charge in [0.2, 0.25) is 5.95 Å². The maximum absolute atomic E-state index is 12.7. The fraction of sp³-hybridized carbons (Fsp3) is 0.375. The van der Waals surface area contributed by atoms with Gasteiger partial charge in [0.15, 0.2) is 5.13 Å². The van der Waals surface area contributed by atoms with Gasteiger partial charge in [-0.15, -0.1) is 13.2 Å². The van der Waals surface area contributed by atoms with Gasteiger partial charge in [-0.3, -0.25) is 9.69 Å². The molecule has 1 saturated heterocycles. The molecule has 1 aliphatic heterocycles. The average molecular weight is 534 g/mol. The molecular formula is C24H26F3N7O2S. The standard InChI is InChI=1S/C24H26F3N7O2S/c1-32-9-11-34(12-10-32)8-7-28-21(35)15-3-6-19-18(13-15)29-22(33(19)2)31-23-30-17-5-4-16(14-20(17)37-23)36-24(25,26)27/h3-6,13-14H,7-12H2,1-2H3,(H,28,35)(H,29,30,31). The smallest absolute Gasteiger partial charge is 0.406 e. The molecule has 0 atom stereocenters. The Balaban J connectivity index is 1.26. The summed E-state index contributed by atoms with van der Waals surface area (Å²) >= 11 is 1.19. The maximum Gasteiger partial charge on any atom is 0.573 e. The summed E-state index contributed by atoms with van der Waals surface area (Å²) < 4.78 is 43.9. The van der Waals surface area contributed by atoms with E-state index in [1.54, 1.807) is 12.1 Å². The van der Waals surface area contributed by atoms with Crippen molar-refractivity contribution in [3.8, 4) is 5.75 Å². The summed E-state index contributed by atoms with van der Waals surface area (Å²) in [5, 5.41) is 6.58. The largest absolute Gasteiger partial charge is 0.573 e. The second-order valence-corrected chi connectivity index (χ2v) is 9.95. The molecule has 0 saturated carbocycles. The summed E-state index contributed by atoms with van der Waals surface area (Å²) in [4.78, 5) is 26.4. The van der Waals surface area contributed by atoms with Crippen molar-refractivity contribution in [1.29, 1.82) is 0 Å². The Morgan fingerprint density at radius 2 is 1.84 bits per heavy atom. The number of carbonyl (C=O) groups excluding carboxylic acids is 1. The second-order valence-electron chi connectivity index (χ2n) is 8.92. The molecule has 196 valence electrons. The first-order chi connectivity index (χ1) is 17.6. The van der Waals surface area contributed by atoms with Crippen molar-refractivity contribution in [2.75, 3.05) is 51.6 Å².